The van der Waals surface area contributed by atoms with Gasteiger partial charge in [0.25, 0.3) is 0 Å². The lowest BCUT2D eigenvalue weighted by Crippen LogP contribution is -2.48. The number of carbonyl (C=O) groups is 2. The van der Waals surface area contributed by atoms with E-state index in [1.54, 1.807) is 0 Å². The largest absolute Gasteiger partial charge is 0.465 e. The van der Waals surface area contributed by atoms with Gasteiger partial charge in [0, 0.05) is 32.7 Å². The summed E-state index contributed by atoms with van der Waals surface area (Å²) in [4.78, 5) is 26.2. The second kappa shape index (κ2) is 9.92. The Morgan fingerprint density at radius 2 is 1.53 bits per heavy atom. The summed E-state index contributed by atoms with van der Waals surface area (Å²) < 4.78 is 37.8. The van der Waals surface area contributed by atoms with Gasteiger partial charge in [-0.05, 0) is 34.5 Å². The van der Waals surface area contributed by atoms with E-state index in [2.05, 4.69) is 29.2 Å². The van der Waals surface area contributed by atoms with Gasteiger partial charge in [0.05, 0.1) is 30.2 Å². The highest BCUT2D eigenvalue weighted by atomic mass is 32.2. The molecule has 3 aromatic carbocycles. The van der Waals surface area contributed by atoms with Crippen LogP contribution in [0.25, 0.3) is 10.8 Å². The maximum absolute atomic E-state index is 13.5. The van der Waals surface area contributed by atoms with E-state index in [1.807, 2.05) is 18.2 Å². The molecule has 0 radical (unpaired) electrons. The van der Waals surface area contributed by atoms with Crippen LogP contribution in [0.3, 0.4) is 0 Å². The summed E-state index contributed by atoms with van der Waals surface area (Å²) in [6, 6.07) is 18.2. The van der Waals surface area contributed by atoms with Crippen LogP contribution in [0.1, 0.15) is 26.3 Å². The van der Waals surface area contributed by atoms with Crippen LogP contribution in [0.2, 0.25) is 0 Å². The molecule has 4 rings (SSSR count). The maximum Gasteiger partial charge on any atom is 0.339 e. The lowest BCUT2D eigenvalue weighted by molar-refractivity contribution is 0.0583. The zero-order valence-corrected chi connectivity index (χ0v) is 19.9. The highest BCUT2D eigenvalue weighted by Crippen LogP contribution is 2.26. The van der Waals surface area contributed by atoms with E-state index in [0.29, 0.717) is 19.6 Å². The van der Waals surface area contributed by atoms with E-state index in [-0.39, 0.29) is 29.1 Å². The van der Waals surface area contributed by atoms with Crippen LogP contribution in [0.15, 0.2) is 65.6 Å². The maximum atomic E-state index is 13.5. The first-order chi connectivity index (χ1) is 16.3. The number of carbonyl (C=O) groups excluding carboxylic acids is 2. The van der Waals surface area contributed by atoms with Crippen LogP contribution in [-0.2, 0) is 26.0 Å². The van der Waals surface area contributed by atoms with E-state index in [4.69, 9.17) is 9.47 Å². The Labute approximate surface area is 198 Å². The third kappa shape index (κ3) is 4.68. The number of hydrogen-bond donors (Lipinski definition) is 0. The SMILES string of the molecule is COC(=O)c1ccc(C(=O)OC)c(S(=O)(=O)N2CCN(Cc3cccc4ccccc34)CC2)c1. The first kappa shape index (κ1) is 23.9. The Morgan fingerprint density at radius 1 is 0.853 bits per heavy atom. The molecule has 34 heavy (non-hydrogen) atoms. The van der Waals surface area contributed by atoms with Gasteiger partial charge in [-0.25, -0.2) is 18.0 Å². The van der Waals surface area contributed by atoms with Gasteiger partial charge in [-0.3, -0.25) is 4.90 Å². The molecule has 1 fully saturated rings. The number of ether oxygens (including phenoxy) is 2. The average molecular weight is 483 g/mol. The highest BCUT2D eigenvalue weighted by molar-refractivity contribution is 7.89. The molecule has 0 bridgehead atoms. The van der Waals surface area contributed by atoms with Crippen molar-refractivity contribution in [3.63, 3.8) is 0 Å². The zero-order valence-electron chi connectivity index (χ0n) is 19.1. The number of nitrogens with zero attached hydrogens (tertiary/aromatic N) is 2. The molecule has 9 heteroatoms. The number of fused-ring (bicyclic) bond motifs is 1. The van der Waals surface area contributed by atoms with Crippen molar-refractivity contribution in [1.29, 1.82) is 0 Å². The topological polar surface area (TPSA) is 93.2 Å². The predicted octanol–water partition coefficient (Wildman–Crippen LogP) is 2.92. The first-order valence-corrected chi connectivity index (χ1v) is 12.3. The fraction of sp³-hybridized carbons (Fsp3) is 0.280. The second-order valence-corrected chi connectivity index (χ2v) is 9.92. The van der Waals surface area contributed by atoms with E-state index in [1.165, 1.54) is 53.1 Å². The molecule has 0 aromatic heterocycles. The number of esters is 2. The smallest absolute Gasteiger partial charge is 0.339 e. The van der Waals surface area contributed by atoms with Gasteiger partial charge in [0.15, 0.2) is 0 Å². The Hall–Kier alpha value is -3.27. The van der Waals surface area contributed by atoms with Gasteiger partial charge in [0.1, 0.15) is 0 Å². The summed E-state index contributed by atoms with van der Waals surface area (Å²) in [7, 11) is -1.66. The fourth-order valence-electron chi connectivity index (χ4n) is 4.20. The van der Waals surface area contributed by atoms with Gasteiger partial charge < -0.3 is 9.47 Å². The summed E-state index contributed by atoms with van der Waals surface area (Å²) in [5, 5.41) is 2.35. The normalized spacial score (nSPS) is 15.2. The Bertz CT molecular complexity index is 1320. The Morgan fingerprint density at radius 3 is 2.24 bits per heavy atom. The summed E-state index contributed by atoms with van der Waals surface area (Å²) in [5.74, 6) is -1.47. The molecule has 1 saturated heterocycles. The quantitative estimate of drug-likeness (QED) is 0.499. The third-order valence-electron chi connectivity index (χ3n) is 6.03. The molecule has 0 amide bonds. The van der Waals surface area contributed by atoms with Gasteiger partial charge in [-0.1, -0.05) is 42.5 Å². The first-order valence-electron chi connectivity index (χ1n) is 10.8. The van der Waals surface area contributed by atoms with Crippen molar-refractivity contribution in [2.45, 2.75) is 11.4 Å². The molecule has 0 saturated carbocycles. The molecule has 178 valence electrons. The number of rotatable bonds is 6. The molecular formula is C25H26N2O6S. The van der Waals surface area contributed by atoms with E-state index in [0.717, 1.165) is 0 Å². The van der Waals surface area contributed by atoms with Gasteiger partial charge in [0.2, 0.25) is 10.0 Å². The van der Waals surface area contributed by atoms with Crippen molar-refractivity contribution in [2.75, 3.05) is 40.4 Å². The molecule has 0 N–H and O–H groups in total. The summed E-state index contributed by atoms with van der Waals surface area (Å²) in [6.07, 6.45) is 0. The number of piperazine rings is 1. The van der Waals surface area contributed by atoms with Crippen LogP contribution in [0, 0.1) is 0 Å². The lowest BCUT2D eigenvalue weighted by Gasteiger charge is -2.34. The lowest BCUT2D eigenvalue weighted by atomic mass is 10.0. The number of hydrogen-bond acceptors (Lipinski definition) is 7. The molecule has 0 aliphatic carbocycles. The molecule has 3 aromatic rings. The van der Waals surface area contributed by atoms with Crippen LogP contribution < -0.4 is 0 Å². The van der Waals surface area contributed by atoms with Crippen molar-refractivity contribution >= 4 is 32.7 Å². The minimum absolute atomic E-state index is 0.0447. The number of benzene rings is 3. The average Bonchev–Trinajstić information content (AvgIpc) is 2.88. The van der Waals surface area contributed by atoms with Crippen molar-refractivity contribution in [3.05, 3.63) is 77.4 Å². The molecule has 0 unspecified atom stereocenters. The molecule has 1 heterocycles. The molecular weight excluding hydrogens is 456 g/mol. The van der Waals surface area contributed by atoms with Crippen LogP contribution in [0.5, 0.6) is 0 Å². The summed E-state index contributed by atoms with van der Waals surface area (Å²) in [6.45, 7) is 2.30. The van der Waals surface area contributed by atoms with Crippen LogP contribution in [0.4, 0.5) is 0 Å². The van der Waals surface area contributed by atoms with Crippen molar-refractivity contribution in [3.8, 4) is 0 Å². The number of methoxy groups -OCH3 is 2. The van der Waals surface area contributed by atoms with Crippen molar-refractivity contribution in [2.24, 2.45) is 0 Å². The standard InChI is InChI=1S/C25H26N2O6S/c1-32-24(28)19-10-11-22(25(29)33-2)23(16-19)34(30,31)27-14-12-26(13-15-27)17-20-8-5-7-18-6-3-4-9-21(18)20/h3-11,16H,12-15,17H2,1-2H3. The Kier molecular flexibility index (Phi) is 6.97. The minimum Gasteiger partial charge on any atom is -0.465 e. The second-order valence-electron chi connectivity index (χ2n) is 8.01. The Balaban J connectivity index is 1.55. The zero-order chi connectivity index (χ0) is 24.3. The van der Waals surface area contributed by atoms with Gasteiger partial charge >= 0.3 is 11.9 Å². The van der Waals surface area contributed by atoms with Crippen LogP contribution >= 0.6 is 0 Å². The van der Waals surface area contributed by atoms with Crippen molar-refractivity contribution in [1.82, 2.24) is 9.21 Å². The molecule has 1 aliphatic rings. The number of sulfonamides is 1. The van der Waals surface area contributed by atoms with E-state index in [9.17, 15) is 18.0 Å². The summed E-state index contributed by atoms with van der Waals surface area (Å²) >= 11 is 0. The molecule has 0 atom stereocenters. The van der Waals surface area contributed by atoms with Gasteiger partial charge in [-0.15, -0.1) is 0 Å². The molecule has 8 nitrogen and oxygen atoms in total. The van der Waals surface area contributed by atoms with E-state index >= 15 is 0 Å². The molecule has 1 aliphatic heterocycles. The fourth-order valence-corrected chi connectivity index (χ4v) is 5.82. The van der Waals surface area contributed by atoms with Crippen molar-refractivity contribution < 1.29 is 27.5 Å². The van der Waals surface area contributed by atoms with E-state index < -0.39 is 22.0 Å². The monoisotopic (exact) mass is 482 g/mol. The summed E-state index contributed by atoms with van der Waals surface area (Å²) in [5.41, 5.74) is 1.12. The predicted molar refractivity (Wildman–Crippen MR) is 127 cm³/mol. The van der Waals surface area contributed by atoms with Gasteiger partial charge in [-0.2, -0.15) is 4.31 Å². The van der Waals surface area contributed by atoms with Crippen LogP contribution in [-0.4, -0.2) is 70.0 Å². The third-order valence-corrected chi connectivity index (χ3v) is 7.97. The minimum atomic E-state index is -4.04. The highest BCUT2D eigenvalue weighted by Gasteiger charge is 2.33. The molecule has 0 spiro atoms.